The molecule has 0 bridgehead atoms. The molecule has 2 rings (SSSR count). The second-order valence-electron chi connectivity index (χ2n) is 6.60. The summed E-state index contributed by atoms with van der Waals surface area (Å²) in [6.07, 6.45) is 5.23. The maximum absolute atomic E-state index is 3.80. The van der Waals surface area contributed by atoms with Crippen molar-refractivity contribution < 1.29 is 0 Å². The molecule has 106 valence electrons. The van der Waals surface area contributed by atoms with Crippen LogP contribution in [0.4, 0.5) is 0 Å². The van der Waals surface area contributed by atoms with E-state index >= 15 is 0 Å². The standard InChI is InChI=1S/C18H29N/c1-5-13(2)9-15(4)19-18-11-17(12-18)16-8-6-7-14(3)10-16/h6-8,10,13,15,17-19H,5,9,11-12H2,1-4H3. The zero-order valence-corrected chi connectivity index (χ0v) is 12.9. The molecule has 0 amide bonds. The summed E-state index contributed by atoms with van der Waals surface area (Å²) in [6.45, 7) is 9.17. The topological polar surface area (TPSA) is 12.0 Å². The second kappa shape index (κ2) is 6.56. The van der Waals surface area contributed by atoms with Gasteiger partial charge in [0, 0.05) is 12.1 Å². The lowest BCUT2D eigenvalue weighted by Crippen LogP contribution is -2.44. The summed E-state index contributed by atoms with van der Waals surface area (Å²) in [5, 5.41) is 3.80. The number of hydrogen-bond donors (Lipinski definition) is 1. The van der Waals surface area contributed by atoms with E-state index < -0.39 is 0 Å². The van der Waals surface area contributed by atoms with Crippen LogP contribution in [0.5, 0.6) is 0 Å². The highest BCUT2D eigenvalue weighted by atomic mass is 15.0. The van der Waals surface area contributed by atoms with Crippen LogP contribution in [0, 0.1) is 12.8 Å². The molecule has 1 aliphatic carbocycles. The Kier molecular flexibility index (Phi) is 5.04. The molecule has 1 aromatic rings. The molecule has 2 atom stereocenters. The quantitative estimate of drug-likeness (QED) is 0.783. The smallest absolute Gasteiger partial charge is 0.00812 e. The summed E-state index contributed by atoms with van der Waals surface area (Å²) in [6, 6.07) is 10.4. The predicted molar refractivity (Wildman–Crippen MR) is 83.6 cm³/mol. The van der Waals surface area contributed by atoms with Crippen molar-refractivity contribution >= 4 is 0 Å². The van der Waals surface area contributed by atoms with E-state index in [9.17, 15) is 0 Å². The summed E-state index contributed by atoms with van der Waals surface area (Å²) < 4.78 is 0. The van der Waals surface area contributed by atoms with Crippen molar-refractivity contribution in [3.63, 3.8) is 0 Å². The third-order valence-electron chi connectivity index (χ3n) is 4.62. The average molecular weight is 259 g/mol. The highest BCUT2D eigenvalue weighted by Gasteiger charge is 2.30. The van der Waals surface area contributed by atoms with Gasteiger partial charge in [-0.05, 0) is 50.5 Å². The van der Waals surface area contributed by atoms with Crippen molar-refractivity contribution in [1.29, 1.82) is 0 Å². The molecule has 2 unspecified atom stereocenters. The number of rotatable bonds is 6. The molecule has 0 radical (unpaired) electrons. The first-order valence-electron chi connectivity index (χ1n) is 7.91. The number of nitrogens with one attached hydrogen (secondary N) is 1. The van der Waals surface area contributed by atoms with Crippen molar-refractivity contribution in [2.45, 2.75) is 71.4 Å². The van der Waals surface area contributed by atoms with Crippen LogP contribution >= 0.6 is 0 Å². The minimum atomic E-state index is 0.665. The number of benzene rings is 1. The molecular formula is C18H29N. The fraction of sp³-hybridized carbons (Fsp3) is 0.667. The molecule has 0 aromatic heterocycles. The predicted octanol–water partition coefficient (Wildman–Crippen LogP) is 4.66. The molecule has 1 saturated carbocycles. The molecule has 1 heteroatoms. The third kappa shape index (κ3) is 4.07. The fourth-order valence-corrected chi connectivity index (χ4v) is 3.19. The Hall–Kier alpha value is -0.820. The van der Waals surface area contributed by atoms with Crippen molar-refractivity contribution in [2.24, 2.45) is 5.92 Å². The van der Waals surface area contributed by atoms with E-state index in [0.29, 0.717) is 6.04 Å². The molecule has 0 saturated heterocycles. The minimum Gasteiger partial charge on any atom is -0.311 e. The maximum Gasteiger partial charge on any atom is 0.00812 e. The lowest BCUT2D eigenvalue weighted by molar-refractivity contribution is 0.254. The van der Waals surface area contributed by atoms with E-state index in [0.717, 1.165) is 17.9 Å². The molecule has 1 aromatic carbocycles. The average Bonchev–Trinajstić information content (AvgIpc) is 2.33. The summed E-state index contributed by atoms with van der Waals surface area (Å²) in [4.78, 5) is 0. The first kappa shape index (κ1) is 14.6. The summed E-state index contributed by atoms with van der Waals surface area (Å²) in [7, 11) is 0. The monoisotopic (exact) mass is 259 g/mol. The summed E-state index contributed by atoms with van der Waals surface area (Å²) >= 11 is 0. The fourth-order valence-electron chi connectivity index (χ4n) is 3.19. The molecular weight excluding hydrogens is 230 g/mol. The maximum atomic E-state index is 3.80. The second-order valence-corrected chi connectivity index (χ2v) is 6.60. The SMILES string of the molecule is CCC(C)CC(C)NC1CC(c2cccc(C)c2)C1. The van der Waals surface area contributed by atoms with Gasteiger partial charge in [-0.25, -0.2) is 0 Å². The highest BCUT2D eigenvalue weighted by Crippen LogP contribution is 2.37. The zero-order valence-electron chi connectivity index (χ0n) is 12.9. The van der Waals surface area contributed by atoms with Crippen molar-refractivity contribution in [3.8, 4) is 0 Å². The molecule has 0 heterocycles. The van der Waals surface area contributed by atoms with Gasteiger partial charge in [-0.1, -0.05) is 50.1 Å². The van der Waals surface area contributed by atoms with Gasteiger partial charge < -0.3 is 5.32 Å². The van der Waals surface area contributed by atoms with E-state index in [1.807, 2.05) is 0 Å². The van der Waals surface area contributed by atoms with Crippen LogP contribution in [0.15, 0.2) is 24.3 Å². The van der Waals surface area contributed by atoms with Gasteiger partial charge in [0.2, 0.25) is 0 Å². The Balaban J connectivity index is 1.74. The van der Waals surface area contributed by atoms with Crippen LogP contribution in [0.2, 0.25) is 0 Å². The first-order chi connectivity index (χ1) is 9.08. The van der Waals surface area contributed by atoms with E-state index in [2.05, 4.69) is 57.3 Å². The summed E-state index contributed by atoms with van der Waals surface area (Å²) in [5.41, 5.74) is 2.92. The highest BCUT2D eigenvalue weighted by molar-refractivity contribution is 5.27. The van der Waals surface area contributed by atoms with E-state index in [1.165, 1.54) is 36.8 Å². The van der Waals surface area contributed by atoms with Crippen LogP contribution in [-0.4, -0.2) is 12.1 Å². The van der Waals surface area contributed by atoms with Crippen LogP contribution in [0.3, 0.4) is 0 Å². The Labute approximate surface area is 118 Å². The van der Waals surface area contributed by atoms with Crippen molar-refractivity contribution in [3.05, 3.63) is 35.4 Å². The van der Waals surface area contributed by atoms with Crippen LogP contribution in [0.1, 0.15) is 63.5 Å². The molecule has 1 nitrogen and oxygen atoms in total. The van der Waals surface area contributed by atoms with Crippen LogP contribution < -0.4 is 5.32 Å². The minimum absolute atomic E-state index is 0.665. The molecule has 0 aliphatic heterocycles. The first-order valence-corrected chi connectivity index (χ1v) is 7.91. The Morgan fingerprint density at radius 1 is 1.26 bits per heavy atom. The largest absolute Gasteiger partial charge is 0.311 e. The zero-order chi connectivity index (χ0) is 13.8. The molecule has 1 fully saturated rings. The Bertz CT molecular complexity index is 392. The van der Waals surface area contributed by atoms with Crippen molar-refractivity contribution in [2.75, 3.05) is 0 Å². The van der Waals surface area contributed by atoms with Crippen molar-refractivity contribution in [1.82, 2.24) is 5.32 Å². The molecule has 1 aliphatic rings. The van der Waals surface area contributed by atoms with E-state index in [1.54, 1.807) is 0 Å². The van der Waals surface area contributed by atoms with Gasteiger partial charge in [-0.2, -0.15) is 0 Å². The van der Waals surface area contributed by atoms with Gasteiger partial charge in [0.05, 0.1) is 0 Å². The van der Waals surface area contributed by atoms with Gasteiger partial charge in [-0.3, -0.25) is 0 Å². The number of hydrogen-bond acceptors (Lipinski definition) is 1. The Morgan fingerprint density at radius 2 is 2.00 bits per heavy atom. The van der Waals surface area contributed by atoms with Gasteiger partial charge in [-0.15, -0.1) is 0 Å². The lowest BCUT2D eigenvalue weighted by Gasteiger charge is -2.38. The lowest BCUT2D eigenvalue weighted by atomic mass is 9.75. The number of aryl methyl sites for hydroxylation is 1. The van der Waals surface area contributed by atoms with E-state index in [-0.39, 0.29) is 0 Å². The third-order valence-corrected chi connectivity index (χ3v) is 4.62. The van der Waals surface area contributed by atoms with Crippen LogP contribution in [-0.2, 0) is 0 Å². The van der Waals surface area contributed by atoms with Crippen LogP contribution in [0.25, 0.3) is 0 Å². The summed E-state index contributed by atoms with van der Waals surface area (Å²) in [5.74, 6) is 1.63. The Morgan fingerprint density at radius 3 is 2.63 bits per heavy atom. The van der Waals surface area contributed by atoms with Gasteiger partial charge in [0.1, 0.15) is 0 Å². The van der Waals surface area contributed by atoms with Gasteiger partial charge in [0.25, 0.3) is 0 Å². The molecule has 19 heavy (non-hydrogen) atoms. The normalized spacial score (nSPS) is 25.7. The molecule has 1 N–H and O–H groups in total. The molecule has 0 spiro atoms. The van der Waals surface area contributed by atoms with E-state index in [4.69, 9.17) is 0 Å². The van der Waals surface area contributed by atoms with Gasteiger partial charge in [0.15, 0.2) is 0 Å². The van der Waals surface area contributed by atoms with Gasteiger partial charge >= 0.3 is 0 Å².